The Kier molecular flexibility index (Phi) is 2.67. The largest absolute Gasteiger partial charge is 0.632 e. The zero-order chi connectivity index (χ0) is 14.4. The van der Waals surface area contributed by atoms with Gasteiger partial charge < -0.3 is 14.8 Å². The van der Waals surface area contributed by atoms with E-state index in [1.807, 2.05) is 24.3 Å². The fraction of sp³-hybridized carbons (Fsp3) is 0.222. The van der Waals surface area contributed by atoms with Gasteiger partial charge in [-0.1, -0.05) is 48.5 Å². The van der Waals surface area contributed by atoms with E-state index in [1.165, 1.54) is 10.9 Å². The summed E-state index contributed by atoms with van der Waals surface area (Å²) >= 11 is 0. The van der Waals surface area contributed by atoms with Gasteiger partial charge in [-0.25, -0.2) is 0 Å². The van der Waals surface area contributed by atoms with Gasteiger partial charge in [0, 0.05) is 22.9 Å². The highest BCUT2D eigenvalue weighted by Gasteiger charge is 2.36. The fourth-order valence-electron chi connectivity index (χ4n) is 3.58. The molecule has 1 aromatic heterocycles. The van der Waals surface area contributed by atoms with Crippen LogP contribution in [-0.2, 0) is 6.42 Å². The average molecular weight is 278 g/mol. The Labute approximate surface area is 124 Å². The molecule has 106 valence electrons. The number of nitrogens with one attached hydrogen (secondary N) is 1. The summed E-state index contributed by atoms with van der Waals surface area (Å²) in [5.74, 6) is 0. The number of rotatable bonds is 1. The molecule has 1 aliphatic rings. The lowest BCUT2D eigenvalue weighted by Crippen LogP contribution is -2.46. The standard InChI is InChI=1S/C18H18N2O/c1-20(21)12-11-15-14-9-5-6-10-16(14)19-17(15)18(20)13-7-3-2-4-8-13/h2-10,18-19H,11-12H2,1H3. The fourth-order valence-corrected chi connectivity index (χ4v) is 3.58. The van der Waals surface area contributed by atoms with E-state index in [-0.39, 0.29) is 10.7 Å². The van der Waals surface area contributed by atoms with E-state index in [0.717, 1.165) is 23.2 Å². The number of quaternary nitrogens is 1. The van der Waals surface area contributed by atoms with Crippen LogP contribution in [0.4, 0.5) is 0 Å². The molecule has 0 fully saturated rings. The molecular weight excluding hydrogens is 260 g/mol. The van der Waals surface area contributed by atoms with Crippen LogP contribution in [0, 0.1) is 5.21 Å². The van der Waals surface area contributed by atoms with Crippen molar-refractivity contribution in [3.8, 4) is 0 Å². The van der Waals surface area contributed by atoms with Crippen molar-refractivity contribution in [2.24, 2.45) is 0 Å². The molecule has 0 saturated carbocycles. The summed E-state index contributed by atoms with van der Waals surface area (Å²) in [5, 5.41) is 14.3. The Hall–Kier alpha value is -2.10. The molecule has 0 amide bonds. The summed E-state index contributed by atoms with van der Waals surface area (Å²) in [6, 6.07) is 18.3. The first-order valence-corrected chi connectivity index (χ1v) is 7.37. The summed E-state index contributed by atoms with van der Waals surface area (Å²) in [6.45, 7) is 0.619. The number of aromatic amines is 1. The number of hydroxylamine groups is 3. The molecule has 1 N–H and O–H groups in total. The number of aromatic nitrogens is 1. The van der Waals surface area contributed by atoms with Gasteiger partial charge in [0.25, 0.3) is 0 Å². The molecule has 0 bridgehead atoms. The Balaban J connectivity index is 1.97. The normalized spacial score (nSPS) is 25.0. The smallest absolute Gasteiger partial charge is 0.155 e. The van der Waals surface area contributed by atoms with E-state index in [0.29, 0.717) is 6.54 Å². The number of likely N-dealkylation sites (N-methyl/N-ethyl adjacent to an activating group) is 1. The summed E-state index contributed by atoms with van der Waals surface area (Å²) in [4.78, 5) is 3.50. The van der Waals surface area contributed by atoms with Crippen LogP contribution in [0.25, 0.3) is 10.9 Å². The maximum Gasteiger partial charge on any atom is 0.155 e. The lowest BCUT2D eigenvalue weighted by Gasteiger charge is -2.48. The van der Waals surface area contributed by atoms with Crippen molar-refractivity contribution in [2.75, 3.05) is 13.6 Å². The van der Waals surface area contributed by atoms with Gasteiger partial charge in [0.1, 0.15) is 0 Å². The molecule has 3 aromatic rings. The second kappa shape index (κ2) is 4.45. The summed E-state index contributed by atoms with van der Waals surface area (Å²) in [7, 11) is 1.78. The van der Waals surface area contributed by atoms with E-state index in [4.69, 9.17) is 0 Å². The molecule has 2 heterocycles. The van der Waals surface area contributed by atoms with Gasteiger partial charge in [-0.15, -0.1) is 0 Å². The third-order valence-electron chi connectivity index (χ3n) is 4.59. The van der Waals surface area contributed by atoms with Crippen molar-refractivity contribution in [3.63, 3.8) is 0 Å². The zero-order valence-corrected chi connectivity index (χ0v) is 12.0. The van der Waals surface area contributed by atoms with Gasteiger partial charge in [0.2, 0.25) is 0 Å². The van der Waals surface area contributed by atoms with Crippen molar-refractivity contribution in [1.82, 2.24) is 4.98 Å². The first-order valence-electron chi connectivity index (χ1n) is 7.37. The second-order valence-electron chi connectivity index (χ2n) is 6.02. The molecule has 2 aromatic carbocycles. The molecule has 0 spiro atoms. The van der Waals surface area contributed by atoms with Crippen LogP contribution in [0.15, 0.2) is 54.6 Å². The molecule has 1 aliphatic heterocycles. The number of para-hydroxylation sites is 1. The molecule has 3 heteroatoms. The first kappa shape index (κ1) is 12.6. The quantitative estimate of drug-likeness (QED) is 0.534. The van der Waals surface area contributed by atoms with Crippen LogP contribution in [-0.4, -0.2) is 23.2 Å². The van der Waals surface area contributed by atoms with Crippen LogP contribution < -0.4 is 0 Å². The van der Waals surface area contributed by atoms with Crippen LogP contribution >= 0.6 is 0 Å². The monoisotopic (exact) mass is 278 g/mol. The average Bonchev–Trinajstić information content (AvgIpc) is 2.85. The van der Waals surface area contributed by atoms with E-state index < -0.39 is 0 Å². The minimum atomic E-state index is -0.246. The van der Waals surface area contributed by atoms with Crippen molar-refractivity contribution in [1.29, 1.82) is 0 Å². The van der Waals surface area contributed by atoms with E-state index in [9.17, 15) is 5.21 Å². The van der Waals surface area contributed by atoms with Gasteiger partial charge >= 0.3 is 0 Å². The minimum absolute atomic E-state index is 0.164. The Morgan fingerprint density at radius 3 is 2.57 bits per heavy atom. The topological polar surface area (TPSA) is 38.8 Å². The third kappa shape index (κ3) is 1.89. The SMILES string of the molecule is C[N+]1([O-])CCc2c([nH]c3ccccc23)C1c1ccccc1. The molecular formula is C18H18N2O. The highest BCUT2D eigenvalue weighted by molar-refractivity contribution is 5.85. The van der Waals surface area contributed by atoms with Crippen molar-refractivity contribution < 1.29 is 4.65 Å². The van der Waals surface area contributed by atoms with Crippen molar-refractivity contribution >= 4 is 10.9 Å². The van der Waals surface area contributed by atoms with Gasteiger partial charge in [-0.3, -0.25) is 0 Å². The summed E-state index contributed by atoms with van der Waals surface area (Å²) < 4.78 is -0.246. The molecule has 3 nitrogen and oxygen atoms in total. The molecule has 0 aliphatic carbocycles. The lowest BCUT2D eigenvalue weighted by molar-refractivity contribution is -0.888. The number of hydrogen-bond acceptors (Lipinski definition) is 1. The second-order valence-corrected chi connectivity index (χ2v) is 6.02. The Morgan fingerprint density at radius 1 is 1.05 bits per heavy atom. The maximum absolute atomic E-state index is 13.0. The van der Waals surface area contributed by atoms with E-state index >= 15 is 0 Å². The molecule has 2 unspecified atom stereocenters. The molecule has 0 radical (unpaired) electrons. The van der Waals surface area contributed by atoms with Crippen LogP contribution in [0.2, 0.25) is 0 Å². The van der Waals surface area contributed by atoms with Crippen LogP contribution in [0.1, 0.15) is 22.9 Å². The zero-order valence-electron chi connectivity index (χ0n) is 12.0. The van der Waals surface area contributed by atoms with Crippen LogP contribution in [0.5, 0.6) is 0 Å². The summed E-state index contributed by atoms with van der Waals surface area (Å²) in [6.07, 6.45) is 0.836. The molecule has 0 saturated heterocycles. The Bertz CT molecular complexity index is 789. The van der Waals surface area contributed by atoms with Gasteiger partial charge in [0.15, 0.2) is 6.04 Å². The number of H-pyrrole nitrogens is 1. The van der Waals surface area contributed by atoms with Gasteiger partial charge in [0.05, 0.1) is 19.3 Å². The maximum atomic E-state index is 13.0. The predicted molar refractivity (Wildman–Crippen MR) is 84.7 cm³/mol. The highest BCUT2D eigenvalue weighted by Crippen LogP contribution is 2.41. The van der Waals surface area contributed by atoms with E-state index in [2.05, 4.69) is 35.3 Å². The first-order chi connectivity index (χ1) is 10.2. The highest BCUT2D eigenvalue weighted by atomic mass is 16.5. The molecule has 4 rings (SSSR count). The number of nitrogens with zero attached hydrogens (tertiary/aromatic N) is 1. The third-order valence-corrected chi connectivity index (χ3v) is 4.59. The van der Waals surface area contributed by atoms with Gasteiger partial charge in [-0.05, 0) is 11.6 Å². The number of fused-ring (bicyclic) bond motifs is 3. The molecule has 21 heavy (non-hydrogen) atoms. The van der Waals surface area contributed by atoms with Crippen molar-refractivity contribution in [3.05, 3.63) is 76.6 Å². The summed E-state index contributed by atoms with van der Waals surface area (Å²) in [5.41, 5.74) is 4.62. The number of hydrogen-bond donors (Lipinski definition) is 1. The minimum Gasteiger partial charge on any atom is -0.632 e. The van der Waals surface area contributed by atoms with Crippen molar-refractivity contribution in [2.45, 2.75) is 12.5 Å². The van der Waals surface area contributed by atoms with E-state index in [1.54, 1.807) is 7.05 Å². The number of benzene rings is 2. The molecule has 2 atom stereocenters. The Morgan fingerprint density at radius 2 is 1.76 bits per heavy atom. The lowest BCUT2D eigenvalue weighted by atomic mass is 9.92. The van der Waals surface area contributed by atoms with Gasteiger partial charge in [-0.2, -0.15) is 0 Å². The van der Waals surface area contributed by atoms with Crippen LogP contribution in [0.3, 0.4) is 0 Å². The predicted octanol–water partition coefficient (Wildman–Crippen LogP) is 3.76.